The van der Waals surface area contributed by atoms with Gasteiger partial charge >= 0.3 is 0 Å². The molecule has 1 heterocycles. The lowest BCUT2D eigenvalue weighted by Crippen LogP contribution is -2.24. The average Bonchev–Trinajstić information content (AvgIpc) is 2.72. The van der Waals surface area contributed by atoms with E-state index in [4.69, 9.17) is 0 Å². The summed E-state index contributed by atoms with van der Waals surface area (Å²) in [5.41, 5.74) is 2.68. The van der Waals surface area contributed by atoms with Gasteiger partial charge in [0.25, 0.3) is 5.91 Å². The van der Waals surface area contributed by atoms with Gasteiger partial charge in [0.1, 0.15) is 0 Å². The zero-order valence-corrected chi connectivity index (χ0v) is 9.97. The van der Waals surface area contributed by atoms with Crippen LogP contribution >= 0.6 is 0 Å². The van der Waals surface area contributed by atoms with E-state index in [1.54, 1.807) is 10.9 Å². The number of carbonyl (C=O) groups is 1. The number of carbonyl (C=O) groups excluding carboxylic acids is 1. The zero-order valence-electron chi connectivity index (χ0n) is 9.97. The summed E-state index contributed by atoms with van der Waals surface area (Å²) in [5, 5.41) is 6.93. The van der Waals surface area contributed by atoms with Crippen molar-refractivity contribution in [2.24, 2.45) is 7.05 Å². The molecule has 0 atom stereocenters. The van der Waals surface area contributed by atoms with Crippen molar-refractivity contribution in [3.63, 3.8) is 0 Å². The van der Waals surface area contributed by atoms with E-state index in [1.807, 2.05) is 44.3 Å². The molecular formula is C13H15N3O. The Hall–Kier alpha value is -2.10. The van der Waals surface area contributed by atoms with Crippen LogP contribution in [0.2, 0.25) is 0 Å². The Labute approximate surface area is 100 Å². The molecule has 1 aromatic carbocycles. The molecule has 2 rings (SSSR count). The Morgan fingerprint density at radius 3 is 2.76 bits per heavy atom. The molecule has 0 bridgehead atoms. The van der Waals surface area contributed by atoms with Crippen molar-refractivity contribution in [1.82, 2.24) is 15.1 Å². The maximum absolute atomic E-state index is 11.9. The highest BCUT2D eigenvalue weighted by Gasteiger charge is 2.08. The SMILES string of the molecule is Cc1ccccc1C(=O)NCc1ccnn1C. The molecule has 0 fully saturated rings. The first kappa shape index (κ1) is 11.4. The summed E-state index contributed by atoms with van der Waals surface area (Å²) >= 11 is 0. The lowest BCUT2D eigenvalue weighted by atomic mass is 10.1. The fraction of sp³-hybridized carbons (Fsp3) is 0.231. The summed E-state index contributed by atoms with van der Waals surface area (Å²) in [6, 6.07) is 9.43. The number of hydrogen-bond donors (Lipinski definition) is 1. The summed E-state index contributed by atoms with van der Waals surface area (Å²) in [6.45, 7) is 2.42. The van der Waals surface area contributed by atoms with Crippen molar-refractivity contribution in [3.05, 3.63) is 53.3 Å². The second-order valence-corrected chi connectivity index (χ2v) is 3.94. The van der Waals surface area contributed by atoms with Crippen molar-refractivity contribution in [2.45, 2.75) is 13.5 Å². The lowest BCUT2D eigenvalue weighted by Gasteiger charge is -2.07. The van der Waals surface area contributed by atoms with Crippen LogP contribution in [-0.4, -0.2) is 15.7 Å². The van der Waals surface area contributed by atoms with Crippen molar-refractivity contribution >= 4 is 5.91 Å². The molecule has 1 aromatic heterocycles. The Morgan fingerprint density at radius 2 is 2.12 bits per heavy atom. The van der Waals surface area contributed by atoms with Crippen LogP contribution < -0.4 is 5.32 Å². The van der Waals surface area contributed by atoms with E-state index in [9.17, 15) is 4.79 Å². The van der Waals surface area contributed by atoms with Gasteiger partial charge in [-0.1, -0.05) is 18.2 Å². The van der Waals surface area contributed by atoms with Crippen LogP contribution in [0.4, 0.5) is 0 Å². The minimum absolute atomic E-state index is 0.0516. The third kappa shape index (κ3) is 2.53. The van der Waals surface area contributed by atoms with Gasteiger partial charge in [0.05, 0.1) is 12.2 Å². The van der Waals surface area contributed by atoms with E-state index in [0.29, 0.717) is 6.54 Å². The minimum atomic E-state index is -0.0516. The zero-order chi connectivity index (χ0) is 12.3. The van der Waals surface area contributed by atoms with Crippen LogP contribution in [0.5, 0.6) is 0 Å². The van der Waals surface area contributed by atoms with Crippen molar-refractivity contribution in [2.75, 3.05) is 0 Å². The molecule has 4 nitrogen and oxygen atoms in total. The molecule has 1 N–H and O–H groups in total. The Morgan fingerprint density at radius 1 is 1.35 bits per heavy atom. The second kappa shape index (κ2) is 4.82. The number of rotatable bonds is 3. The van der Waals surface area contributed by atoms with Crippen LogP contribution in [0.3, 0.4) is 0 Å². The molecule has 0 saturated heterocycles. The number of aryl methyl sites for hydroxylation is 2. The molecule has 2 aromatic rings. The summed E-state index contributed by atoms with van der Waals surface area (Å²) < 4.78 is 1.75. The number of benzene rings is 1. The quantitative estimate of drug-likeness (QED) is 0.870. The minimum Gasteiger partial charge on any atom is -0.346 e. The van der Waals surface area contributed by atoms with Crippen LogP contribution in [0, 0.1) is 6.92 Å². The predicted octanol–water partition coefficient (Wildman–Crippen LogP) is 1.66. The van der Waals surface area contributed by atoms with Crippen LogP contribution in [0.15, 0.2) is 36.5 Å². The summed E-state index contributed by atoms with van der Waals surface area (Å²) in [7, 11) is 1.86. The van der Waals surface area contributed by atoms with Crippen molar-refractivity contribution in [1.29, 1.82) is 0 Å². The van der Waals surface area contributed by atoms with Gasteiger partial charge in [0, 0.05) is 18.8 Å². The largest absolute Gasteiger partial charge is 0.346 e. The standard InChI is InChI=1S/C13H15N3O/c1-10-5-3-4-6-12(10)13(17)14-9-11-7-8-15-16(11)2/h3-8H,9H2,1-2H3,(H,14,17). The third-order valence-electron chi connectivity index (χ3n) is 2.74. The van der Waals surface area contributed by atoms with Gasteiger partial charge in [0.2, 0.25) is 0 Å². The van der Waals surface area contributed by atoms with Crippen molar-refractivity contribution < 1.29 is 4.79 Å². The molecule has 0 aliphatic heterocycles. The first-order valence-corrected chi connectivity index (χ1v) is 5.49. The normalized spacial score (nSPS) is 10.2. The molecule has 0 saturated carbocycles. The molecule has 17 heavy (non-hydrogen) atoms. The third-order valence-corrected chi connectivity index (χ3v) is 2.74. The van der Waals surface area contributed by atoms with Crippen molar-refractivity contribution in [3.8, 4) is 0 Å². The van der Waals surface area contributed by atoms with Gasteiger partial charge in [-0.2, -0.15) is 5.10 Å². The highest BCUT2D eigenvalue weighted by Crippen LogP contribution is 2.07. The van der Waals surface area contributed by atoms with Gasteiger partial charge in [-0.25, -0.2) is 0 Å². The van der Waals surface area contributed by atoms with Gasteiger partial charge in [-0.05, 0) is 24.6 Å². The van der Waals surface area contributed by atoms with Gasteiger partial charge in [-0.15, -0.1) is 0 Å². The monoisotopic (exact) mass is 229 g/mol. The molecule has 0 spiro atoms. The fourth-order valence-electron chi connectivity index (χ4n) is 1.67. The van der Waals surface area contributed by atoms with Crippen LogP contribution in [0.1, 0.15) is 21.6 Å². The molecule has 4 heteroatoms. The molecular weight excluding hydrogens is 214 g/mol. The predicted molar refractivity (Wildman–Crippen MR) is 65.6 cm³/mol. The summed E-state index contributed by atoms with van der Waals surface area (Å²) in [4.78, 5) is 11.9. The van der Waals surface area contributed by atoms with Crippen LogP contribution in [-0.2, 0) is 13.6 Å². The van der Waals surface area contributed by atoms with Gasteiger partial charge in [0.15, 0.2) is 0 Å². The highest BCUT2D eigenvalue weighted by atomic mass is 16.1. The number of aromatic nitrogens is 2. The van der Waals surface area contributed by atoms with E-state index in [1.165, 1.54) is 0 Å². The second-order valence-electron chi connectivity index (χ2n) is 3.94. The molecule has 1 amide bonds. The summed E-state index contributed by atoms with van der Waals surface area (Å²) in [6.07, 6.45) is 1.72. The van der Waals surface area contributed by atoms with Gasteiger partial charge < -0.3 is 5.32 Å². The van der Waals surface area contributed by atoms with Crippen LogP contribution in [0.25, 0.3) is 0 Å². The Balaban J connectivity index is 2.04. The number of hydrogen-bond acceptors (Lipinski definition) is 2. The molecule has 0 aliphatic carbocycles. The fourth-order valence-corrected chi connectivity index (χ4v) is 1.67. The van der Waals surface area contributed by atoms with E-state index >= 15 is 0 Å². The first-order chi connectivity index (χ1) is 8.18. The Bertz CT molecular complexity index is 531. The van der Waals surface area contributed by atoms with E-state index < -0.39 is 0 Å². The first-order valence-electron chi connectivity index (χ1n) is 5.49. The molecule has 88 valence electrons. The van der Waals surface area contributed by atoms with E-state index in [-0.39, 0.29) is 5.91 Å². The van der Waals surface area contributed by atoms with E-state index in [0.717, 1.165) is 16.8 Å². The number of amides is 1. The molecule has 0 radical (unpaired) electrons. The topological polar surface area (TPSA) is 46.9 Å². The molecule has 0 unspecified atom stereocenters. The number of nitrogens with one attached hydrogen (secondary N) is 1. The highest BCUT2D eigenvalue weighted by molar-refractivity contribution is 5.95. The Kier molecular flexibility index (Phi) is 3.23. The average molecular weight is 229 g/mol. The maximum atomic E-state index is 11.9. The smallest absolute Gasteiger partial charge is 0.251 e. The maximum Gasteiger partial charge on any atom is 0.251 e. The number of nitrogens with zero attached hydrogens (tertiary/aromatic N) is 2. The molecule has 0 aliphatic rings. The summed E-state index contributed by atoms with van der Waals surface area (Å²) in [5.74, 6) is -0.0516. The lowest BCUT2D eigenvalue weighted by molar-refractivity contribution is 0.0949. The van der Waals surface area contributed by atoms with E-state index in [2.05, 4.69) is 10.4 Å². The van der Waals surface area contributed by atoms with Gasteiger partial charge in [-0.3, -0.25) is 9.48 Å².